The number of carbonyl (C=O) groups is 2. The van der Waals surface area contributed by atoms with E-state index in [9.17, 15) is 24.6 Å². The van der Waals surface area contributed by atoms with Gasteiger partial charge in [0.05, 0.1) is 5.56 Å². The molecule has 0 spiro atoms. The van der Waals surface area contributed by atoms with Gasteiger partial charge in [-0.3, -0.25) is 14.4 Å². The maximum Gasteiger partial charge on any atom is 0.268 e. The van der Waals surface area contributed by atoms with Gasteiger partial charge in [0.25, 0.3) is 5.78 Å². The summed E-state index contributed by atoms with van der Waals surface area (Å²) < 4.78 is 5.67. The summed E-state index contributed by atoms with van der Waals surface area (Å²) in [6.45, 7) is 7.54. The van der Waals surface area contributed by atoms with E-state index in [2.05, 4.69) is 0 Å². The zero-order valence-electron chi connectivity index (χ0n) is 16.8. The lowest BCUT2D eigenvalue weighted by molar-refractivity contribution is -0.111. The molecule has 3 rings (SSSR count). The van der Waals surface area contributed by atoms with Crippen LogP contribution in [0.5, 0.6) is 11.5 Å². The Morgan fingerprint density at radius 1 is 0.897 bits per heavy atom. The van der Waals surface area contributed by atoms with E-state index in [0.717, 1.165) is 17.2 Å². The van der Waals surface area contributed by atoms with Gasteiger partial charge in [0, 0.05) is 11.1 Å². The molecule has 29 heavy (non-hydrogen) atoms. The number of phenols is 2. The van der Waals surface area contributed by atoms with Crippen LogP contribution < -0.4 is 5.43 Å². The van der Waals surface area contributed by atoms with E-state index in [1.807, 2.05) is 39.8 Å². The average Bonchev–Trinajstić information content (AvgIpc) is 2.64. The summed E-state index contributed by atoms with van der Waals surface area (Å²) in [5.41, 5.74) is 1.68. The molecule has 150 valence electrons. The van der Waals surface area contributed by atoms with Crippen molar-refractivity contribution in [2.45, 2.75) is 40.5 Å². The monoisotopic (exact) mass is 394 g/mol. The van der Waals surface area contributed by atoms with Crippen molar-refractivity contribution >= 4 is 28.6 Å². The summed E-state index contributed by atoms with van der Waals surface area (Å²) in [6, 6.07) is 0. The smallest absolute Gasteiger partial charge is 0.268 e. The van der Waals surface area contributed by atoms with Crippen molar-refractivity contribution in [3.05, 3.63) is 62.0 Å². The zero-order valence-corrected chi connectivity index (χ0v) is 16.8. The lowest BCUT2D eigenvalue weighted by atomic mass is 9.94. The zero-order chi connectivity index (χ0) is 21.5. The Hall–Kier alpha value is -3.41. The normalized spacial score (nSPS) is 12.8. The average molecular weight is 394 g/mol. The van der Waals surface area contributed by atoms with Gasteiger partial charge in [-0.25, -0.2) is 0 Å². The third-order valence-corrected chi connectivity index (χ3v) is 4.78. The standard InChI is InChI=1S/C23H22O6/c1-11(2)5-7-13-18(25)14(8-6-12(3)4)22-17(19(13)26)20(27)15-9-10-16(24)21(28)23(15)29-22/h5-6,9-10,25-26H,7-8H2,1-4H3. The summed E-state index contributed by atoms with van der Waals surface area (Å²) in [5, 5.41) is 21.6. The van der Waals surface area contributed by atoms with Crippen LogP contribution in [0, 0.1) is 0 Å². The molecule has 2 aromatic rings. The number of hydrogen-bond acceptors (Lipinski definition) is 6. The van der Waals surface area contributed by atoms with Crippen LogP contribution in [0.3, 0.4) is 0 Å². The van der Waals surface area contributed by atoms with Gasteiger partial charge in [-0.05, 0) is 52.7 Å². The first-order chi connectivity index (χ1) is 13.6. The Morgan fingerprint density at radius 3 is 2.07 bits per heavy atom. The first-order valence-corrected chi connectivity index (χ1v) is 9.23. The molecule has 0 amide bonds. The highest BCUT2D eigenvalue weighted by Gasteiger charge is 2.30. The Morgan fingerprint density at radius 2 is 1.48 bits per heavy atom. The number of fused-ring (bicyclic) bond motifs is 2. The van der Waals surface area contributed by atoms with Crippen molar-refractivity contribution < 1.29 is 24.2 Å². The molecule has 6 heteroatoms. The topological polar surface area (TPSA) is 105 Å². The molecule has 0 radical (unpaired) electrons. The minimum atomic E-state index is -0.928. The van der Waals surface area contributed by atoms with Gasteiger partial charge >= 0.3 is 0 Å². The van der Waals surface area contributed by atoms with Gasteiger partial charge in [-0.1, -0.05) is 23.3 Å². The van der Waals surface area contributed by atoms with Crippen molar-refractivity contribution in [2.24, 2.45) is 0 Å². The number of benzene rings is 1. The van der Waals surface area contributed by atoms with E-state index in [0.29, 0.717) is 0 Å². The maximum absolute atomic E-state index is 13.1. The second-order valence-corrected chi connectivity index (χ2v) is 7.53. The minimum Gasteiger partial charge on any atom is -0.507 e. The first kappa shape index (κ1) is 20.3. The van der Waals surface area contributed by atoms with Crippen LogP contribution >= 0.6 is 0 Å². The van der Waals surface area contributed by atoms with Crippen LogP contribution in [-0.2, 0) is 17.6 Å². The fourth-order valence-electron chi connectivity index (χ4n) is 3.19. The number of rotatable bonds is 4. The molecule has 0 saturated heterocycles. The molecule has 0 bridgehead atoms. The van der Waals surface area contributed by atoms with Crippen molar-refractivity contribution in [1.82, 2.24) is 0 Å². The van der Waals surface area contributed by atoms with Crippen molar-refractivity contribution in [2.75, 3.05) is 0 Å². The number of ketones is 2. The van der Waals surface area contributed by atoms with Gasteiger partial charge in [-0.15, -0.1) is 0 Å². The molecular formula is C23H22O6. The Balaban J connectivity index is 2.46. The number of aromatic hydroxyl groups is 2. The first-order valence-electron chi connectivity index (χ1n) is 9.23. The second-order valence-electron chi connectivity index (χ2n) is 7.53. The van der Waals surface area contributed by atoms with E-state index in [-0.39, 0.29) is 57.8 Å². The van der Waals surface area contributed by atoms with Crippen LogP contribution in [0.1, 0.15) is 54.9 Å². The molecule has 0 aliphatic heterocycles. The van der Waals surface area contributed by atoms with Crippen molar-refractivity contribution in [3.8, 4) is 11.5 Å². The van der Waals surface area contributed by atoms with Crippen molar-refractivity contribution in [1.29, 1.82) is 0 Å². The summed E-state index contributed by atoms with van der Waals surface area (Å²) in [6.07, 6.45) is 6.35. The Bertz CT molecular complexity index is 1200. The quantitative estimate of drug-likeness (QED) is 0.600. The predicted molar refractivity (Wildman–Crippen MR) is 110 cm³/mol. The maximum atomic E-state index is 13.1. The third-order valence-electron chi connectivity index (χ3n) is 4.78. The van der Waals surface area contributed by atoms with E-state index in [1.54, 1.807) is 0 Å². The van der Waals surface area contributed by atoms with Gasteiger partial charge < -0.3 is 14.6 Å². The van der Waals surface area contributed by atoms with Gasteiger partial charge in [0.1, 0.15) is 22.5 Å². The van der Waals surface area contributed by atoms with Gasteiger partial charge in [-0.2, -0.15) is 0 Å². The predicted octanol–water partition coefficient (Wildman–Crippen LogP) is 4.00. The highest BCUT2D eigenvalue weighted by Crippen LogP contribution is 2.40. The summed E-state index contributed by atoms with van der Waals surface area (Å²) >= 11 is 0. The largest absolute Gasteiger partial charge is 0.507 e. The molecule has 1 heterocycles. The number of allylic oxidation sites excluding steroid dienone is 5. The van der Waals surface area contributed by atoms with Crippen LogP contribution in [0.2, 0.25) is 0 Å². The highest BCUT2D eigenvalue weighted by molar-refractivity contribution is 6.49. The molecule has 2 N–H and O–H groups in total. The minimum absolute atomic E-state index is 0.0792. The number of phenolic OH excluding ortho intramolecular Hbond substituents is 2. The summed E-state index contributed by atoms with van der Waals surface area (Å²) in [7, 11) is 0. The number of hydrogen-bond donors (Lipinski definition) is 2. The molecule has 0 saturated carbocycles. The van der Waals surface area contributed by atoms with Crippen LogP contribution in [0.4, 0.5) is 0 Å². The molecular weight excluding hydrogens is 372 g/mol. The van der Waals surface area contributed by atoms with Crippen LogP contribution in [0.15, 0.2) is 38.6 Å². The van der Waals surface area contributed by atoms with Crippen LogP contribution in [-0.4, -0.2) is 21.8 Å². The molecule has 0 unspecified atom stereocenters. The van der Waals surface area contributed by atoms with E-state index < -0.39 is 17.0 Å². The van der Waals surface area contributed by atoms with E-state index >= 15 is 0 Å². The third kappa shape index (κ3) is 3.53. The lowest BCUT2D eigenvalue weighted by Crippen LogP contribution is -2.22. The molecule has 1 aliphatic rings. The highest BCUT2D eigenvalue weighted by atomic mass is 16.3. The molecule has 1 aromatic heterocycles. The fraction of sp³-hybridized carbons (Fsp3) is 0.261. The number of Topliss-reactive ketones (excluding diaryl/α,β-unsaturated/α-hetero) is 1. The Labute approximate surface area is 167 Å². The molecule has 6 nitrogen and oxygen atoms in total. The second kappa shape index (κ2) is 7.54. The SMILES string of the molecule is CC(C)=CCc1c(O)c(CC=C(C)C)c2oc3c(c(=O)c2c1O)C=CC(=O)C3=O. The van der Waals surface area contributed by atoms with E-state index in [1.165, 1.54) is 6.08 Å². The summed E-state index contributed by atoms with van der Waals surface area (Å²) in [4.78, 5) is 37.0. The molecule has 0 fully saturated rings. The van der Waals surface area contributed by atoms with Gasteiger partial charge in [0.15, 0.2) is 5.76 Å². The Kier molecular flexibility index (Phi) is 5.29. The van der Waals surface area contributed by atoms with Crippen molar-refractivity contribution in [3.63, 3.8) is 0 Å². The summed E-state index contributed by atoms with van der Waals surface area (Å²) in [5.74, 6) is -2.67. The molecule has 0 atom stereocenters. The van der Waals surface area contributed by atoms with Crippen LogP contribution in [0.25, 0.3) is 17.0 Å². The number of carbonyl (C=O) groups excluding carboxylic acids is 2. The van der Waals surface area contributed by atoms with E-state index in [4.69, 9.17) is 4.42 Å². The van der Waals surface area contributed by atoms with Gasteiger partial charge in [0.2, 0.25) is 11.2 Å². The fourth-order valence-corrected chi connectivity index (χ4v) is 3.19. The molecule has 1 aromatic carbocycles. The molecule has 1 aliphatic carbocycles. The lowest BCUT2D eigenvalue weighted by Gasteiger charge is -2.16.